The third kappa shape index (κ3) is 3.41. The average molecular weight is 345 g/mol. The molecule has 1 aromatic heterocycles. The number of anilines is 1. The molecule has 2 heterocycles. The lowest BCUT2D eigenvalue weighted by Crippen LogP contribution is -2.46. The van der Waals surface area contributed by atoms with Crippen molar-refractivity contribution in [3.8, 4) is 0 Å². The lowest BCUT2D eigenvalue weighted by Gasteiger charge is -2.24. The summed E-state index contributed by atoms with van der Waals surface area (Å²) < 4.78 is 0. The minimum Gasteiger partial charge on any atom is -0.465 e. The summed E-state index contributed by atoms with van der Waals surface area (Å²) in [5, 5.41) is 9.80. The Labute approximate surface area is 144 Å². The van der Waals surface area contributed by atoms with Gasteiger partial charge in [-0.2, -0.15) is 0 Å². The summed E-state index contributed by atoms with van der Waals surface area (Å²) in [6.07, 6.45) is 2.79. The van der Waals surface area contributed by atoms with E-state index in [2.05, 4.69) is 17.1 Å². The van der Waals surface area contributed by atoms with Crippen molar-refractivity contribution in [1.29, 1.82) is 0 Å². The molecule has 24 heavy (non-hydrogen) atoms. The molecule has 126 valence electrons. The standard InChI is InChI=1S/C17H19N3O3S/c1-19(15(21)14-8-5-9-20(14)17(22)23)16-18-11-13(24-16)10-12-6-3-2-4-7-12/h2-4,6-7,11,14H,5,8-10H2,1H3,(H,22,23). The Balaban J connectivity index is 1.70. The molecule has 0 bridgehead atoms. The number of hydrogen-bond acceptors (Lipinski definition) is 4. The number of benzene rings is 1. The van der Waals surface area contributed by atoms with Crippen LogP contribution in [0.25, 0.3) is 0 Å². The van der Waals surface area contributed by atoms with Gasteiger partial charge in [-0.05, 0) is 18.4 Å². The third-order valence-corrected chi connectivity index (χ3v) is 5.24. The fraction of sp³-hybridized carbons (Fsp3) is 0.353. The lowest BCUT2D eigenvalue weighted by molar-refractivity contribution is -0.122. The van der Waals surface area contributed by atoms with Crippen molar-refractivity contribution in [2.75, 3.05) is 18.5 Å². The zero-order valence-corrected chi connectivity index (χ0v) is 14.2. The Hall–Kier alpha value is -2.41. The van der Waals surface area contributed by atoms with Gasteiger partial charge in [0.15, 0.2) is 5.13 Å². The van der Waals surface area contributed by atoms with E-state index >= 15 is 0 Å². The van der Waals surface area contributed by atoms with Crippen molar-refractivity contribution in [1.82, 2.24) is 9.88 Å². The van der Waals surface area contributed by atoms with E-state index in [0.29, 0.717) is 24.5 Å². The van der Waals surface area contributed by atoms with Crippen molar-refractivity contribution in [3.05, 3.63) is 47.0 Å². The van der Waals surface area contributed by atoms with Gasteiger partial charge >= 0.3 is 6.09 Å². The maximum absolute atomic E-state index is 12.6. The number of aromatic nitrogens is 1. The summed E-state index contributed by atoms with van der Waals surface area (Å²) in [6, 6.07) is 9.47. The van der Waals surface area contributed by atoms with Crippen LogP contribution in [0.2, 0.25) is 0 Å². The van der Waals surface area contributed by atoms with Gasteiger partial charge < -0.3 is 5.11 Å². The van der Waals surface area contributed by atoms with Crippen molar-refractivity contribution in [3.63, 3.8) is 0 Å². The van der Waals surface area contributed by atoms with Gasteiger partial charge in [0.2, 0.25) is 0 Å². The number of rotatable bonds is 4. The number of nitrogens with zero attached hydrogens (tertiary/aromatic N) is 3. The third-order valence-electron chi connectivity index (χ3n) is 4.16. The second-order valence-electron chi connectivity index (χ2n) is 5.80. The maximum atomic E-state index is 12.6. The molecule has 7 heteroatoms. The van der Waals surface area contributed by atoms with E-state index < -0.39 is 12.1 Å². The quantitative estimate of drug-likeness (QED) is 0.925. The average Bonchev–Trinajstić information content (AvgIpc) is 3.23. The monoisotopic (exact) mass is 345 g/mol. The van der Waals surface area contributed by atoms with Crippen LogP contribution in [0, 0.1) is 0 Å². The van der Waals surface area contributed by atoms with Crippen LogP contribution in [0.3, 0.4) is 0 Å². The van der Waals surface area contributed by atoms with Crippen LogP contribution in [0.4, 0.5) is 9.93 Å². The Kier molecular flexibility index (Phi) is 4.80. The Morgan fingerprint density at radius 1 is 1.38 bits per heavy atom. The smallest absolute Gasteiger partial charge is 0.407 e. The number of carboxylic acid groups (broad SMARTS) is 1. The molecule has 0 spiro atoms. The molecule has 0 aliphatic carbocycles. The zero-order valence-electron chi connectivity index (χ0n) is 13.4. The molecule has 1 N–H and O–H groups in total. The Morgan fingerprint density at radius 3 is 2.83 bits per heavy atom. The molecule has 1 saturated heterocycles. The second-order valence-corrected chi connectivity index (χ2v) is 6.90. The molecule has 1 aliphatic heterocycles. The van der Waals surface area contributed by atoms with Gasteiger partial charge in [0, 0.05) is 31.1 Å². The first kappa shape index (κ1) is 16.4. The fourth-order valence-electron chi connectivity index (χ4n) is 2.90. The number of likely N-dealkylation sites (tertiary alicyclic amines) is 1. The summed E-state index contributed by atoms with van der Waals surface area (Å²) in [5.74, 6) is -0.212. The molecule has 6 nitrogen and oxygen atoms in total. The highest BCUT2D eigenvalue weighted by molar-refractivity contribution is 7.15. The summed E-state index contributed by atoms with van der Waals surface area (Å²) >= 11 is 1.46. The predicted octanol–water partition coefficient (Wildman–Crippen LogP) is 2.84. The summed E-state index contributed by atoms with van der Waals surface area (Å²) in [7, 11) is 1.66. The number of thiazole rings is 1. The molecule has 2 amide bonds. The molecule has 2 aromatic rings. The highest BCUT2D eigenvalue weighted by Crippen LogP contribution is 2.27. The summed E-state index contributed by atoms with van der Waals surface area (Å²) in [4.78, 5) is 31.9. The van der Waals surface area contributed by atoms with Gasteiger partial charge in [-0.25, -0.2) is 9.78 Å². The van der Waals surface area contributed by atoms with E-state index in [0.717, 1.165) is 11.3 Å². The van der Waals surface area contributed by atoms with Gasteiger partial charge in [0.05, 0.1) is 0 Å². The first-order chi connectivity index (χ1) is 11.6. The molecular weight excluding hydrogens is 326 g/mol. The number of amides is 2. The lowest BCUT2D eigenvalue weighted by atomic mass is 10.1. The van der Waals surface area contributed by atoms with E-state index in [4.69, 9.17) is 0 Å². The van der Waals surface area contributed by atoms with Crippen LogP contribution in [-0.2, 0) is 11.2 Å². The van der Waals surface area contributed by atoms with Gasteiger partial charge in [0.1, 0.15) is 6.04 Å². The van der Waals surface area contributed by atoms with E-state index in [1.807, 2.05) is 18.2 Å². The van der Waals surface area contributed by atoms with Crippen molar-refractivity contribution >= 4 is 28.5 Å². The van der Waals surface area contributed by atoms with Crippen LogP contribution in [0.1, 0.15) is 23.3 Å². The number of likely N-dealkylation sites (N-methyl/N-ethyl adjacent to an activating group) is 1. The van der Waals surface area contributed by atoms with Crippen molar-refractivity contribution in [2.45, 2.75) is 25.3 Å². The topological polar surface area (TPSA) is 73.7 Å². The highest BCUT2D eigenvalue weighted by Gasteiger charge is 2.36. The van der Waals surface area contributed by atoms with Gasteiger partial charge in [-0.15, -0.1) is 11.3 Å². The first-order valence-corrected chi connectivity index (χ1v) is 8.63. The second kappa shape index (κ2) is 7.00. The van der Waals surface area contributed by atoms with Crippen LogP contribution in [0.15, 0.2) is 36.5 Å². The van der Waals surface area contributed by atoms with E-state index in [9.17, 15) is 14.7 Å². The minimum absolute atomic E-state index is 0.212. The van der Waals surface area contributed by atoms with Crippen molar-refractivity contribution in [2.24, 2.45) is 0 Å². The predicted molar refractivity (Wildman–Crippen MR) is 92.5 cm³/mol. The van der Waals surface area contributed by atoms with Crippen molar-refractivity contribution < 1.29 is 14.7 Å². The Morgan fingerprint density at radius 2 is 2.12 bits per heavy atom. The highest BCUT2D eigenvalue weighted by atomic mass is 32.1. The SMILES string of the molecule is CN(C(=O)C1CCCN1C(=O)O)c1ncc(Cc2ccccc2)s1. The molecular formula is C17H19N3O3S. The molecule has 0 radical (unpaired) electrons. The van der Waals surface area contributed by atoms with Gasteiger partial charge in [-0.1, -0.05) is 30.3 Å². The fourth-order valence-corrected chi connectivity index (χ4v) is 3.81. The zero-order chi connectivity index (χ0) is 17.1. The van der Waals surface area contributed by atoms with Crippen LogP contribution in [-0.4, -0.2) is 46.6 Å². The number of carbonyl (C=O) groups is 2. The maximum Gasteiger partial charge on any atom is 0.407 e. The molecule has 3 rings (SSSR count). The molecule has 0 saturated carbocycles. The molecule has 1 aromatic carbocycles. The van der Waals surface area contributed by atoms with Crippen LogP contribution < -0.4 is 4.90 Å². The first-order valence-electron chi connectivity index (χ1n) is 7.82. The molecule has 1 atom stereocenters. The molecule has 1 unspecified atom stereocenters. The number of hydrogen-bond donors (Lipinski definition) is 1. The molecule has 1 aliphatic rings. The van der Waals surface area contributed by atoms with Gasteiger partial charge in [-0.3, -0.25) is 14.6 Å². The minimum atomic E-state index is -1.04. The van der Waals surface area contributed by atoms with Gasteiger partial charge in [0.25, 0.3) is 5.91 Å². The Bertz CT molecular complexity index is 732. The van der Waals surface area contributed by atoms with E-state index in [-0.39, 0.29) is 5.91 Å². The van der Waals surface area contributed by atoms with E-state index in [1.165, 1.54) is 26.7 Å². The van der Waals surface area contributed by atoms with Crippen LogP contribution >= 0.6 is 11.3 Å². The largest absolute Gasteiger partial charge is 0.465 e. The number of carbonyl (C=O) groups excluding carboxylic acids is 1. The molecule has 1 fully saturated rings. The van der Waals surface area contributed by atoms with E-state index in [1.54, 1.807) is 13.2 Å². The van der Waals surface area contributed by atoms with Crippen LogP contribution in [0.5, 0.6) is 0 Å². The summed E-state index contributed by atoms with van der Waals surface area (Å²) in [6.45, 7) is 0.413. The normalized spacial score (nSPS) is 17.0. The summed E-state index contributed by atoms with van der Waals surface area (Å²) in [5.41, 5.74) is 1.19.